The van der Waals surface area contributed by atoms with Crippen LogP contribution in [0.4, 0.5) is 0 Å². The number of aliphatic imine (C=N–C) groups is 1. The summed E-state index contributed by atoms with van der Waals surface area (Å²) in [6.45, 7) is 7.90. The number of aryl methyl sites for hydroxylation is 1. The molecule has 8 heteroatoms. The predicted octanol–water partition coefficient (Wildman–Crippen LogP) is 3.29. The molecule has 1 saturated carbocycles. The fourth-order valence-corrected chi connectivity index (χ4v) is 4.68. The number of unbranched alkanes of at least 4 members (excludes halogenated alkanes) is 1. The van der Waals surface area contributed by atoms with E-state index in [2.05, 4.69) is 22.5 Å². The molecule has 1 aliphatic carbocycles. The van der Waals surface area contributed by atoms with Crippen molar-refractivity contribution in [3.63, 3.8) is 0 Å². The summed E-state index contributed by atoms with van der Waals surface area (Å²) in [5, 5.41) is 6.85. The summed E-state index contributed by atoms with van der Waals surface area (Å²) in [7, 11) is 0. The highest BCUT2D eigenvalue weighted by Crippen LogP contribution is 2.26. The number of rotatable bonds is 8. The average molecular weight is 558 g/mol. The van der Waals surface area contributed by atoms with Gasteiger partial charge in [0.1, 0.15) is 0 Å². The molecule has 0 spiro atoms. The maximum atomic E-state index is 12.8. The van der Waals surface area contributed by atoms with Gasteiger partial charge < -0.3 is 20.1 Å². The van der Waals surface area contributed by atoms with E-state index in [0.29, 0.717) is 12.5 Å². The van der Waals surface area contributed by atoms with Crippen molar-refractivity contribution in [1.29, 1.82) is 0 Å². The SMILES string of the molecule is CCNC(=NCCCCn1c(C)cccc1=O)NC1CCN(C(=O)C2CCCCC2)C1.I. The van der Waals surface area contributed by atoms with Crippen LogP contribution < -0.4 is 16.2 Å². The van der Waals surface area contributed by atoms with Crippen molar-refractivity contribution in [2.45, 2.75) is 77.8 Å². The van der Waals surface area contributed by atoms with Crippen LogP contribution in [-0.2, 0) is 11.3 Å². The monoisotopic (exact) mass is 557 g/mol. The molecule has 0 radical (unpaired) electrons. The minimum absolute atomic E-state index is 0. The van der Waals surface area contributed by atoms with Gasteiger partial charge in [0.2, 0.25) is 5.91 Å². The van der Waals surface area contributed by atoms with Crippen LogP contribution in [0, 0.1) is 12.8 Å². The number of hydrogen-bond donors (Lipinski definition) is 2. The number of nitrogens with zero attached hydrogens (tertiary/aromatic N) is 3. The van der Waals surface area contributed by atoms with Gasteiger partial charge in [0.25, 0.3) is 5.56 Å². The molecule has 2 fully saturated rings. The summed E-state index contributed by atoms with van der Waals surface area (Å²) in [6, 6.07) is 5.65. The van der Waals surface area contributed by atoms with Gasteiger partial charge in [-0.2, -0.15) is 0 Å². The second-order valence-corrected chi connectivity index (χ2v) is 8.87. The fourth-order valence-electron chi connectivity index (χ4n) is 4.68. The number of amides is 1. The molecular weight excluding hydrogens is 517 g/mol. The van der Waals surface area contributed by atoms with Crippen molar-refractivity contribution in [2.24, 2.45) is 10.9 Å². The Labute approximate surface area is 209 Å². The zero-order valence-electron chi connectivity index (χ0n) is 19.6. The molecule has 1 saturated heterocycles. The highest BCUT2D eigenvalue weighted by molar-refractivity contribution is 14.0. The van der Waals surface area contributed by atoms with E-state index in [1.54, 1.807) is 12.1 Å². The Kier molecular flexibility index (Phi) is 11.5. The predicted molar refractivity (Wildman–Crippen MR) is 141 cm³/mol. The molecule has 1 atom stereocenters. The first kappa shape index (κ1) is 26.7. The smallest absolute Gasteiger partial charge is 0.250 e. The quantitative estimate of drug-likeness (QED) is 0.223. The van der Waals surface area contributed by atoms with Crippen molar-refractivity contribution in [3.8, 4) is 0 Å². The van der Waals surface area contributed by atoms with Crippen LogP contribution in [0.15, 0.2) is 28.0 Å². The van der Waals surface area contributed by atoms with Crippen LogP contribution in [0.5, 0.6) is 0 Å². The van der Waals surface area contributed by atoms with E-state index in [1.807, 2.05) is 17.6 Å². The lowest BCUT2D eigenvalue weighted by molar-refractivity contribution is -0.135. The topological polar surface area (TPSA) is 78.7 Å². The number of aromatic nitrogens is 1. The first-order valence-electron chi connectivity index (χ1n) is 12.1. The lowest BCUT2D eigenvalue weighted by Gasteiger charge is -2.26. The Hall–Kier alpha value is -1.58. The Bertz CT molecular complexity index is 804. The van der Waals surface area contributed by atoms with Gasteiger partial charge in [-0.15, -0.1) is 24.0 Å². The molecule has 180 valence electrons. The van der Waals surface area contributed by atoms with E-state index in [9.17, 15) is 9.59 Å². The summed E-state index contributed by atoms with van der Waals surface area (Å²) < 4.78 is 1.82. The van der Waals surface area contributed by atoms with Gasteiger partial charge in [0, 0.05) is 56.4 Å². The van der Waals surface area contributed by atoms with E-state index in [4.69, 9.17) is 4.99 Å². The molecule has 1 amide bonds. The van der Waals surface area contributed by atoms with Gasteiger partial charge in [-0.1, -0.05) is 25.3 Å². The fraction of sp³-hybridized carbons (Fsp3) is 0.708. The Balaban J connectivity index is 0.00000363. The molecule has 2 heterocycles. The van der Waals surface area contributed by atoms with Gasteiger partial charge in [-0.25, -0.2) is 0 Å². The Morgan fingerprint density at radius 3 is 2.66 bits per heavy atom. The third kappa shape index (κ3) is 7.78. The van der Waals surface area contributed by atoms with Crippen LogP contribution in [0.25, 0.3) is 0 Å². The normalized spacial score (nSPS) is 19.5. The largest absolute Gasteiger partial charge is 0.357 e. The standard InChI is InChI=1S/C24H39N5O2.HI/c1-3-25-24(26-15-7-8-16-29-19(2)10-9-13-22(29)30)27-21-14-17-28(18-21)23(31)20-11-5-4-6-12-20;/h9-10,13,20-21H,3-8,11-12,14-18H2,1-2H3,(H2,25,26,27);1H. The lowest BCUT2D eigenvalue weighted by atomic mass is 9.88. The molecule has 0 aromatic carbocycles. The minimum Gasteiger partial charge on any atom is -0.357 e. The molecule has 0 bridgehead atoms. The molecular formula is C24H40IN5O2. The second kappa shape index (κ2) is 13.9. The van der Waals surface area contributed by atoms with Crippen LogP contribution in [0.1, 0.15) is 64.0 Å². The summed E-state index contributed by atoms with van der Waals surface area (Å²) in [5.41, 5.74) is 1.06. The maximum absolute atomic E-state index is 12.8. The van der Waals surface area contributed by atoms with Crippen molar-refractivity contribution in [1.82, 2.24) is 20.1 Å². The van der Waals surface area contributed by atoms with E-state index < -0.39 is 0 Å². The summed E-state index contributed by atoms with van der Waals surface area (Å²) in [4.78, 5) is 31.5. The Morgan fingerprint density at radius 1 is 1.16 bits per heavy atom. The van der Waals surface area contributed by atoms with Crippen molar-refractivity contribution < 1.29 is 4.79 Å². The minimum atomic E-state index is 0. The number of carbonyl (C=O) groups excluding carboxylic acids is 1. The number of guanidine groups is 1. The van der Waals surface area contributed by atoms with E-state index in [0.717, 1.165) is 69.9 Å². The van der Waals surface area contributed by atoms with E-state index in [1.165, 1.54) is 19.3 Å². The zero-order valence-corrected chi connectivity index (χ0v) is 22.0. The molecule has 3 rings (SSSR count). The first-order valence-corrected chi connectivity index (χ1v) is 12.1. The summed E-state index contributed by atoms with van der Waals surface area (Å²) in [5.74, 6) is 1.43. The Morgan fingerprint density at radius 2 is 1.94 bits per heavy atom. The maximum Gasteiger partial charge on any atom is 0.250 e. The number of likely N-dealkylation sites (tertiary alicyclic amines) is 1. The molecule has 2 aliphatic rings. The lowest BCUT2D eigenvalue weighted by Crippen LogP contribution is -2.45. The zero-order chi connectivity index (χ0) is 22.1. The number of carbonyl (C=O) groups is 1. The van der Waals surface area contributed by atoms with Crippen molar-refractivity contribution in [2.75, 3.05) is 26.2 Å². The van der Waals surface area contributed by atoms with Crippen molar-refractivity contribution in [3.05, 3.63) is 34.2 Å². The van der Waals surface area contributed by atoms with Gasteiger partial charge in [0.15, 0.2) is 5.96 Å². The summed E-state index contributed by atoms with van der Waals surface area (Å²) in [6.07, 6.45) is 8.61. The van der Waals surface area contributed by atoms with E-state index in [-0.39, 0.29) is 41.5 Å². The number of pyridine rings is 1. The molecule has 7 nitrogen and oxygen atoms in total. The highest BCUT2D eigenvalue weighted by Gasteiger charge is 2.31. The van der Waals surface area contributed by atoms with E-state index >= 15 is 0 Å². The molecule has 1 aromatic rings. The van der Waals surface area contributed by atoms with Gasteiger partial charge in [-0.3, -0.25) is 14.6 Å². The van der Waals surface area contributed by atoms with Gasteiger partial charge in [0.05, 0.1) is 0 Å². The van der Waals surface area contributed by atoms with Gasteiger partial charge >= 0.3 is 0 Å². The van der Waals surface area contributed by atoms with Crippen LogP contribution >= 0.6 is 24.0 Å². The number of nitrogens with one attached hydrogen (secondary N) is 2. The van der Waals surface area contributed by atoms with Crippen LogP contribution in [0.3, 0.4) is 0 Å². The second-order valence-electron chi connectivity index (χ2n) is 8.87. The number of hydrogen-bond acceptors (Lipinski definition) is 3. The molecule has 1 unspecified atom stereocenters. The third-order valence-corrected chi connectivity index (χ3v) is 6.47. The van der Waals surface area contributed by atoms with Crippen molar-refractivity contribution >= 4 is 35.8 Å². The van der Waals surface area contributed by atoms with Gasteiger partial charge in [-0.05, 0) is 52.0 Å². The molecule has 32 heavy (non-hydrogen) atoms. The molecule has 2 N–H and O–H groups in total. The third-order valence-electron chi connectivity index (χ3n) is 6.47. The van der Waals surface area contributed by atoms with Crippen LogP contribution in [0.2, 0.25) is 0 Å². The average Bonchev–Trinajstić information content (AvgIpc) is 3.24. The summed E-state index contributed by atoms with van der Waals surface area (Å²) >= 11 is 0. The highest BCUT2D eigenvalue weighted by atomic mass is 127. The molecule has 1 aliphatic heterocycles. The molecule has 1 aromatic heterocycles. The first-order chi connectivity index (χ1) is 15.1. The number of halogens is 1. The van der Waals surface area contributed by atoms with Crippen LogP contribution in [-0.4, -0.2) is 53.6 Å².